The van der Waals surface area contributed by atoms with Crippen molar-refractivity contribution >= 4 is 11.7 Å². The van der Waals surface area contributed by atoms with E-state index in [0.717, 1.165) is 19.4 Å². The summed E-state index contributed by atoms with van der Waals surface area (Å²) in [7, 11) is 1.48. The normalized spacial score (nSPS) is 16.2. The van der Waals surface area contributed by atoms with Gasteiger partial charge in [-0.3, -0.25) is 4.79 Å². The molecule has 3 nitrogen and oxygen atoms in total. The first-order chi connectivity index (χ1) is 10.7. The van der Waals surface area contributed by atoms with Crippen molar-refractivity contribution in [3.8, 4) is 0 Å². The highest BCUT2D eigenvalue weighted by Crippen LogP contribution is 2.34. The lowest BCUT2D eigenvalue weighted by atomic mass is 9.87. The summed E-state index contributed by atoms with van der Waals surface area (Å²) in [6.45, 7) is 12.1. The number of fused-ring (bicyclic) bond motifs is 1. The third-order valence-electron chi connectivity index (χ3n) is 4.84. The molecule has 0 bridgehead atoms. The fourth-order valence-electron chi connectivity index (χ4n) is 3.47. The number of esters is 1. The Hall–Kier alpha value is -1.51. The molecule has 1 aromatic rings. The first kappa shape index (κ1) is 17.8. The molecule has 0 aliphatic carbocycles. The van der Waals surface area contributed by atoms with Crippen LogP contribution in [-0.4, -0.2) is 25.2 Å². The fraction of sp³-hybridized carbons (Fsp3) is 0.650. The van der Waals surface area contributed by atoms with Crippen LogP contribution in [-0.2, 0) is 22.4 Å². The summed E-state index contributed by atoms with van der Waals surface area (Å²) in [5, 5.41) is 0. The lowest BCUT2D eigenvalue weighted by Crippen LogP contribution is -2.44. The Bertz CT molecular complexity index is 557. The molecule has 3 heteroatoms. The molecule has 0 N–H and O–H groups in total. The molecular weight excluding hydrogens is 286 g/mol. The second-order valence-electron chi connectivity index (χ2n) is 7.97. The Labute approximate surface area is 141 Å². The standard InChI is InChI=1S/C20H31NO2/c1-14(2)17(19(22)23-6)13-15-9-10-18-16(12-15)8-7-11-21(18)20(3,4)5/h9-10,12,14,17H,7-8,11,13H2,1-6H3. The van der Waals surface area contributed by atoms with Crippen LogP contribution in [0.25, 0.3) is 0 Å². The van der Waals surface area contributed by atoms with E-state index in [1.54, 1.807) is 0 Å². The Morgan fingerprint density at radius 3 is 2.57 bits per heavy atom. The van der Waals surface area contributed by atoms with Gasteiger partial charge in [0.1, 0.15) is 0 Å². The average Bonchev–Trinajstić information content (AvgIpc) is 2.49. The van der Waals surface area contributed by atoms with Crippen LogP contribution in [0.1, 0.15) is 52.2 Å². The Morgan fingerprint density at radius 2 is 2.00 bits per heavy atom. The average molecular weight is 317 g/mol. The largest absolute Gasteiger partial charge is 0.469 e. The minimum atomic E-state index is -0.103. The van der Waals surface area contributed by atoms with Gasteiger partial charge in [-0.05, 0) is 63.1 Å². The number of nitrogens with zero attached hydrogens (tertiary/aromatic N) is 1. The molecule has 1 aliphatic heterocycles. The van der Waals surface area contributed by atoms with E-state index in [0.29, 0.717) is 0 Å². The minimum Gasteiger partial charge on any atom is -0.469 e. The number of hydrogen-bond donors (Lipinski definition) is 0. The molecule has 1 aromatic carbocycles. The molecule has 0 saturated heterocycles. The summed E-state index contributed by atoms with van der Waals surface area (Å²) in [6, 6.07) is 6.72. The van der Waals surface area contributed by atoms with Crippen molar-refractivity contribution in [3.05, 3.63) is 29.3 Å². The third kappa shape index (κ3) is 4.07. The summed E-state index contributed by atoms with van der Waals surface area (Å²) in [5.74, 6) is 0.110. The number of benzene rings is 1. The molecule has 0 fully saturated rings. The van der Waals surface area contributed by atoms with E-state index >= 15 is 0 Å². The van der Waals surface area contributed by atoms with E-state index in [1.165, 1.54) is 30.3 Å². The number of rotatable bonds is 4. The van der Waals surface area contributed by atoms with Gasteiger partial charge in [0.05, 0.1) is 13.0 Å². The molecule has 128 valence electrons. The summed E-state index contributed by atoms with van der Waals surface area (Å²) in [4.78, 5) is 14.5. The lowest BCUT2D eigenvalue weighted by Gasteiger charge is -2.42. The highest BCUT2D eigenvalue weighted by Gasteiger charge is 2.28. The van der Waals surface area contributed by atoms with Crippen LogP contribution in [0.2, 0.25) is 0 Å². The molecule has 0 aromatic heterocycles. The fourth-order valence-corrected chi connectivity index (χ4v) is 3.47. The van der Waals surface area contributed by atoms with Crippen molar-refractivity contribution in [2.75, 3.05) is 18.6 Å². The number of aryl methyl sites for hydroxylation is 1. The molecule has 0 spiro atoms. The first-order valence-corrected chi connectivity index (χ1v) is 8.71. The third-order valence-corrected chi connectivity index (χ3v) is 4.84. The number of hydrogen-bond acceptors (Lipinski definition) is 3. The maximum atomic E-state index is 12.0. The van der Waals surface area contributed by atoms with Gasteiger partial charge in [-0.25, -0.2) is 0 Å². The van der Waals surface area contributed by atoms with Crippen LogP contribution >= 0.6 is 0 Å². The van der Waals surface area contributed by atoms with Crippen LogP contribution in [0.4, 0.5) is 5.69 Å². The lowest BCUT2D eigenvalue weighted by molar-refractivity contribution is -0.146. The number of ether oxygens (including phenoxy) is 1. The quantitative estimate of drug-likeness (QED) is 0.779. The second kappa shape index (κ2) is 6.94. The summed E-state index contributed by atoms with van der Waals surface area (Å²) in [5.41, 5.74) is 4.15. The van der Waals surface area contributed by atoms with Gasteiger partial charge in [-0.1, -0.05) is 26.0 Å². The summed E-state index contributed by atoms with van der Waals surface area (Å²) in [6.07, 6.45) is 3.08. The van der Waals surface area contributed by atoms with E-state index in [-0.39, 0.29) is 23.3 Å². The van der Waals surface area contributed by atoms with Gasteiger partial charge >= 0.3 is 5.97 Å². The molecular formula is C20H31NO2. The molecule has 1 unspecified atom stereocenters. The van der Waals surface area contributed by atoms with E-state index in [1.807, 2.05) is 0 Å². The first-order valence-electron chi connectivity index (χ1n) is 8.71. The summed E-state index contributed by atoms with van der Waals surface area (Å²) < 4.78 is 4.97. The Balaban J connectivity index is 2.26. The predicted octanol–water partition coefficient (Wildman–Crippen LogP) is 4.23. The zero-order valence-corrected chi connectivity index (χ0v) is 15.5. The van der Waals surface area contributed by atoms with Crippen LogP contribution in [0, 0.1) is 11.8 Å². The summed E-state index contributed by atoms with van der Waals surface area (Å²) >= 11 is 0. The van der Waals surface area contributed by atoms with Crippen molar-refractivity contribution in [2.45, 2.75) is 59.4 Å². The minimum absolute atomic E-state index is 0.0691. The molecule has 0 radical (unpaired) electrons. The van der Waals surface area contributed by atoms with Crippen LogP contribution in [0.15, 0.2) is 18.2 Å². The van der Waals surface area contributed by atoms with E-state index in [2.05, 4.69) is 57.7 Å². The number of methoxy groups -OCH3 is 1. The van der Waals surface area contributed by atoms with Crippen molar-refractivity contribution in [1.29, 1.82) is 0 Å². The molecule has 1 aliphatic rings. The van der Waals surface area contributed by atoms with E-state index in [4.69, 9.17) is 4.74 Å². The SMILES string of the molecule is COC(=O)C(Cc1ccc2c(c1)CCCN2C(C)(C)C)C(C)C. The van der Waals surface area contributed by atoms with E-state index in [9.17, 15) is 4.79 Å². The molecule has 23 heavy (non-hydrogen) atoms. The van der Waals surface area contributed by atoms with Gasteiger partial charge in [-0.15, -0.1) is 0 Å². The maximum Gasteiger partial charge on any atom is 0.309 e. The predicted molar refractivity (Wildman–Crippen MR) is 95.9 cm³/mol. The Morgan fingerprint density at radius 1 is 1.30 bits per heavy atom. The van der Waals surface area contributed by atoms with Gasteiger partial charge in [0, 0.05) is 17.8 Å². The second-order valence-corrected chi connectivity index (χ2v) is 7.97. The molecule has 1 heterocycles. The van der Waals surface area contributed by atoms with Crippen molar-refractivity contribution in [3.63, 3.8) is 0 Å². The van der Waals surface area contributed by atoms with Gasteiger partial charge in [0.2, 0.25) is 0 Å². The molecule has 2 rings (SSSR count). The Kier molecular flexibility index (Phi) is 5.38. The van der Waals surface area contributed by atoms with Gasteiger partial charge in [-0.2, -0.15) is 0 Å². The van der Waals surface area contributed by atoms with Gasteiger partial charge < -0.3 is 9.64 Å². The molecule has 0 saturated carbocycles. The zero-order chi connectivity index (χ0) is 17.2. The van der Waals surface area contributed by atoms with Crippen molar-refractivity contribution in [1.82, 2.24) is 0 Å². The van der Waals surface area contributed by atoms with Crippen LogP contribution in [0.3, 0.4) is 0 Å². The van der Waals surface area contributed by atoms with Crippen molar-refractivity contribution in [2.24, 2.45) is 11.8 Å². The smallest absolute Gasteiger partial charge is 0.309 e. The number of carbonyl (C=O) groups is 1. The zero-order valence-electron chi connectivity index (χ0n) is 15.5. The van der Waals surface area contributed by atoms with Crippen LogP contribution in [0.5, 0.6) is 0 Å². The van der Waals surface area contributed by atoms with Gasteiger partial charge in [0.15, 0.2) is 0 Å². The topological polar surface area (TPSA) is 29.5 Å². The number of carbonyl (C=O) groups excluding carboxylic acids is 1. The van der Waals surface area contributed by atoms with Crippen LogP contribution < -0.4 is 4.90 Å². The maximum absolute atomic E-state index is 12.0. The highest BCUT2D eigenvalue weighted by molar-refractivity contribution is 5.73. The van der Waals surface area contributed by atoms with Crippen molar-refractivity contribution < 1.29 is 9.53 Å². The van der Waals surface area contributed by atoms with Gasteiger partial charge in [0.25, 0.3) is 0 Å². The van der Waals surface area contributed by atoms with E-state index < -0.39 is 0 Å². The monoisotopic (exact) mass is 317 g/mol. The number of anilines is 1. The highest BCUT2D eigenvalue weighted by atomic mass is 16.5. The molecule has 0 amide bonds. The molecule has 1 atom stereocenters.